The predicted molar refractivity (Wildman–Crippen MR) is 75.5 cm³/mol. The molecule has 0 bridgehead atoms. The Morgan fingerprint density at radius 1 is 1.48 bits per heavy atom. The van der Waals surface area contributed by atoms with Crippen molar-refractivity contribution in [1.29, 1.82) is 0 Å². The highest BCUT2D eigenvalue weighted by Crippen LogP contribution is 2.15. The lowest BCUT2D eigenvalue weighted by atomic mass is 10.2. The quantitative estimate of drug-likeness (QED) is 0.736. The van der Waals surface area contributed by atoms with Gasteiger partial charge in [-0.2, -0.15) is 4.98 Å². The molecule has 0 aliphatic carbocycles. The van der Waals surface area contributed by atoms with Crippen LogP contribution < -0.4 is 10.5 Å². The molecule has 2 rings (SSSR count). The molecule has 7 nitrogen and oxygen atoms in total. The van der Waals surface area contributed by atoms with E-state index in [1.54, 1.807) is 0 Å². The zero-order chi connectivity index (χ0) is 15.5. The van der Waals surface area contributed by atoms with Gasteiger partial charge in [0.1, 0.15) is 10.8 Å². The normalized spacial score (nSPS) is 11.5. The van der Waals surface area contributed by atoms with E-state index in [2.05, 4.69) is 31.6 Å². The molecule has 3 N–H and O–H groups in total. The summed E-state index contributed by atoms with van der Waals surface area (Å²) >= 11 is 4.67. The molecular weight excluding hydrogens is 319 g/mol. The smallest absolute Gasteiger partial charge is 0.240 e. The lowest BCUT2D eigenvalue weighted by molar-refractivity contribution is 0.410. The SMILES string of the molecule is NC(=S)c1cc(S(=O)(=O)NCCc2ncon2)ccc1F. The van der Waals surface area contributed by atoms with E-state index in [4.69, 9.17) is 5.73 Å². The second-order valence-corrected chi connectivity index (χ2v) is 6.21. The molecule has 0 saturated heterocycles. The van der Waals surface area contributed by atoms with E-state index in [-0.39, 0.29) is 28.4 Å². The average molecular weight is 330 g/mol. The van der Waals surface area contributed by atoms with Crippen LogP contribution in [0.5, 0.6) is 0 Å². The van der Waals surface area contributed by atoms with E-state index >= 15 is 0 Å². The first kappa shape index (κ1) is 15.5. The van der Waals surface area contributed by atoms with Crippen LogP contribution in [0.2, 0.25) is 0 Å². The van der Waals surface area contributed by atoms with E-state index in [1.807, 2.05) is 0 Å². The summed E-state index contributed by atoms with van der Waals surface area (Å²) in [6.07, 6.45) is 1.41. The highest BCUT2D eigenvalue weighted by Gasteiger charge is 2.17. The van der Waals surface area contributed by atoms with Crippen LogP contribution in [0, 0.1) is 5.82 Å². The summed E-state index contributed by atoms with van der Waals surface area (Å²) in [7, 11) is -3.80. The number of hydrogen-bond donors (Lipinski definition) is 2. The van der Waals surface area contributed by atoms with Crippen molar-refractivity contribution in [2.45, 2.75) is 11.3 Å². The van der Waals surface area contributed by atoms with Crippen LogP contribution >= 0.6 is 12.2 Å². The summed E-state index contributed by atoms with van der Waals surface area (Å²) in [6, 6.07) is 3.23. The maximum Gasteiger partial charge on any atom is 0.240 e. The van der Waals surface area contributed by atoms with Gasteiger partial charge in [0.25, 0.3) is 0 Å². The molecule has 0 aliphatic rings. The zero-order valence-corrected chi connectivity index (χ0v) is 12.2. The molecule has 1 aromatic heterocycles. The minimum absolute atomic E-state index is 0.0711. The second kappa shape index (κ2) is 6.24. The molecule has 0 aliphatic heterocycles. The Bertz CT molecular complexity index is 747. The van der Waals surface area contributed by atoms with E-state index in [0.717, 1.165) is 24.6 Å². The summed E-state index contributed by atoms with van der Waals surface area (Å²) in [4.78, 5) is 3.42. The lowest BCUT2D eigenvalue weighted by Crippen LogP contribution is -2.26. The van der Waals surface area contributed by atoms with Gasteiger partial charge in [-0.05, 0) is 18.2 Å². The van der Waals surface area contributed by atoms with Crippen LogP contribution in [-0.2, 0) is 16.4 Å². The van der Waals surface area contributed by atoms with Gasteiger partial charge in [-0.1, -0.05) is 17.4 Å². The number of rotatable bonds is 6. The molecular formula is C11H11FN4O3S2. The second-order valence-electron chi connectivity index (χ2n) is 4.00. The van der Waals surface area contributed by atoms with Gasteiger partial charge in [-0.15, -0.1) is 0 Å². The maximum atomic E-state index is 13.4. The van der Waals surface area contributed by atoms with Crippen molar-refractivity contribution in [3.05, 3.63) is 41.8 Å². The largest absolute Gasteiger partial charge is 0.389 e. The van der Waals surface area contributed by atoms with Crippen molar-refractivity contribution >= 4 is 27.2 Å². The number of aromatic nitrogens is 2. The molecule has 1 heterocycles. The molecule has 0 fully saturated rings. The number of nitrogens with two attached hydrogens (primary N) is 1. The van der Waals surface area contributed by atoms with Gasteiger partial charge in [0.05, 0.1) is 4.90 Å². The van der Waals surface area contributed by atoms with E-state index in [1.165, 1.54) is 0 Å². The zero-order valence-electron chi connectivity index (χ0n) is 10.6. The number of nitrogens with one attached hydrogen (secondary N) is 1. The third-order valence-electron chi connectivity index (χ3n) is 2.56. The summed E-state index contributed by atoms with van der Waals surface area (Å²) in [5.41, 5.74) is 5.22. The van der Waals surface area contributed by atoms with Crippen LogP contribution in [0.15, 0.2) is 34.0 Å². The minimum Gasteiger partial charge on any atom is -0.389 e. The van der Waals surface area contributed by atoms with E-state index in [9.17, 15) is 12.8 Å². The molecule has 112 valence electrons. The number of hydrogen-bond acceptors (Lipinski definition) is 6. The first-order valence-corrected chi connectivity index (χ1v) is 7.63. The monoisotopic (exact) mass is 330 g/mol. The van der Waals surface area contributed by atoms with Crippen molar-refractivity contribution in [1.82, 2.24) is 14.9 Å². The molecule has 2 aromatic rings. The Balaban J connectivity index is 2.12. The number of sulfonamides is 1. The predicted octanol–water partition coefficient (Wildman–Crippen LogP) is 0.364. The van der Waals surface area contributed by atoms with Gasteiger partial charge >= 0.3 is 0 Å². The van der Waals surface area contributed by atoms with Gasteiger partial charge in [-0.25, -0.2) is 17.5 Å². The molecule has 0 amide bonds. The van der Waals surface area contributed by atoms with E-state index in [0.29, 0.717) is 5.82 Å². The topological polar surface area (TPSA) is 111 Å². The van der Waals surface area contributed by atoms with Crippen LogP contribution in [0.1, 0.15) is 11.4 Å². The maximum absolute atomic E-state index is 13.4. The van der Waals surface area contributed by atoms with Gasteiger partial charge in [0.2, 0.25) is 16.4 Å². The highest BCUT2D eigenvalue weighted by atomic mass is 32.2. The molecule has 0 radical (unpaired) electrons. The molecule has 10 heteroatoms. The number of thiocarbonyl (C=S) groups is 1. The van der Waals surface area contributed by atoms with Crippen LogP contribution in [-0.4, -0.2) is 30.1 Å². The van der Waals surface area contributed by atoms with Crippen molar-refractivity contribution in [2.24, 2.45) is 5.73 Å². The van der Waals surface area contributed by atoms with Gasteiger partial charge in [0.15, 0.2) is 5.82 Å². The van der Waals surface area contributed by atoms with Crippen LogP contribution in [0.3, 0.4) is 0 Å². The number of nitrogens with zero attached hydrogens (tertiary/aromatic N) is 2. The van der Waals surface area contributed by atoms with Gasteiger partial charge in [-0.3, -0.25) is 0 Å². The Kier molecular flexibility index (Phi) is 4.60. The van der Waals surface area contributed by atoms with E-state index < -0.39 is 15.8 Å². The molecule has 21 heavy (non-hydrogen) atoms. The Morgan fingerprint density at radius 2 is 2.24 bits per heavy atom. The average Bonchev–Trinajstić information content (AvgIpc) is 2.91. The minimum atomic E-state index is -3.80. The fourth-order valence-electron chi connectivity index (χ4n) is 1.54. The third kappa shape index (κ3) is 3.80. The Morgan fingerprint density at radius 3 is 2.86 bits per heavy atom. The highest BCUT2D eigenvalue weighted by molar-refractivity contribution is 7.89. The Hall–Kier alpha value is -1.91. The van der Waals surface area contributed by atoms with Crippen molar-refractivity contribution in [3.8, 4) is 0 Å². The summed E-state index contributed by atoms with van der Waals surface area (Å²) < 4.78 is 44.4. The molecule has 0 atom stereocenters. The molecule has 1 aromatic carbocycles. The molecule has 0 unspecified atom stereocenters. The number of halogens is 1. The van der Waals surface area contributed by atoms with Gasteiger partial charge < -0.3 is 10.3 Å². The summed E-state index contributed by atoms with van der Waals surface area (Å²) in [5.74, 6) is -0.297. The van der Waals surface area contributed by atoms with Crippen molar-refractivity contribution in [3.63, 3.8) is 0 Å². The van der Waals surface area contributed by atoms with Crippen molar-refractivity contribution in [2.75, 3.05) is 6.54 Å². The standard InChI is InChI=1S/C11H11FN4O3S2/c12-9-2-1-7(5-8(9)11(13)20)21(17,18)15-4-3-10-14-6-19-16-10/h1-2,5-6,15H,3-4H2,(H2,13,20). The molecule has 0 saturated carbocycles. The number of benzene rings is 1. The summed E-state index contributed by atoms with van der Waals surface area (Å²) in [6.45, 7) is 0.0711. The fraction of sp³-hybridized carbons (Fsp3) is 0.182. The van der Waals surface area contributed by atoms with Crippen LogP contribution in [0.25, 0.3) is 0 Å². The lowest BCUT2D eigenvalue weighted by Gasteiger charge is -2.08. The van der Waals surface area contributed by atoms with Crippen molar-refractivity contribution < 1.29 is 17.3 Å². The third-order valence-corrected chi connectivity index (χ3v) is 4.24. The first-order chi connectivity index (χ1) is 9.90. The van der Waals surface area contributed by atoms with Gasteiger partial charge in [0, 0.05) is 18.5 Å². The summed E-state index contributed by atoms with van der Waals surface area (Å²) in [5, 5.41) is 3.55. The molecule has 0 spiro atoms. The Labute approximate surface area is 125 Å². The first-order valence-electron chi connectivity index (χ1n) is 5.74. The van der Waals surface area contributed by atoms with Crippen LogP contribution in [0.4, 0.5) is 4.39 Å². The fourth-order valence-corrected chi connectivity index (χ4v) is 2.76.